The van der Waals surface area contributed by atoms with Crippen molar-refractivity contribution in [1.29, 1.82) is 0 Å². The topological polar surface area (TPSA) is 12.5 Å². The molecule has 2 nitrogen and oxygen atoms in total. The number of morpholine rings is 1. The van der Waals surface area contributed by atoms with Gasteiger partial charge in [0.2, 0.25) is 0 Å². The quantitative estimate of drug-likeness (QED) is 0.773. The third-order valence-electron chi connectivity index (χ3n) is 7.75. The van der Waals surface area contributed by atoms with Crippen molar-refractivity contribution in [3.63, 3.8) is 0 Å². The molecule has 2 heteroatoms. The third kappa shape index (κ3) is 2.05. The summed E-state index contributed by atoms with van der Waals surface area (Å²) < 4.78 is 5.56. The van der Waals surface area contributed by atoms with Crippen LogP contribution in [0.3, 0.4) is 0 Å². The Morgan fingerprint density at radius 1 is 1.19 bits per heavy atom. The summed E-state index contributed by atoms with van der Waals surface area (Å²) in [5.41, 5.74) is 2.07. The highest BCUT2D eigenvalue weighted by Crippen LogP contribution is 2.79. The Bertz CT molecular complexity index is 404. The first kappa shape index (κ1) is 14.5. The Hall–Kier alpha value is -0.0800. The molecule has 1 heterocycles. The average molecular weight is 291 g/mol. The van der Waals surface area contributed by atoms with Gasteiger partial charge in [-0.2, -0.15) is 0 Å². The second kappa shape index (κ2) is 4.96. The van der Waals surface area contributed by atoms with E-state index in [4.69, 9.17) is 4.74 Å². The van der Waals surface area contributed by atoms with E-state index >= 15 is 0 Å². The summed E-state index contributed by atoms with van der Waals surface area (Å²) in [5, 5.41) is 0. The number of hydrogen-bond acceptors (Lipinski definition) is 2. The van der Waals surface area contributed by atoms with Crippen molar-refractivity contribution < 1.29 is 4.74 Å². The lowest BCUT2D eigenvalue weighted by molar-refractivity contribution is -0.0845. The molecule has 120 valence electrons. The first-order valence-electron chi connectivity index (χ1n) is 9.42. The molecule has 0 amide bonds. The van der Waals surface area contributed by atoms with Crippen LogP contribution in [0.15, 0.2) is 0 Å². The van der Waals surface area contributed by atoms with Crippen LogP contribution in [0, 0.1) is 22.2 Å². The van der Waals surface area contributed by atoms with Gasteiger partial charge in [0.25, 0.3) is 0 Å². The van der Waals surface area contributed by atoms with Gasteiger partial charge in [0.1, 0.15) is 0 Å². The van der Waals surface area contributed by atoms with E-state index in [9.17, 15) is 0 Å². The molecule has 0 aromatic rings. The smallest absolute Gasteiger partial charge is 0.0594 e. The lowest BCUT2D eigenvalue weighted by Crippen LogP contribution is -2.50. The highest BCUT2D eigenvalue weighted by molar-refractivity contribution is 5.20. The minimum absolute atomic E-state index is 0.625. The van der Waals surface area contributed by atoms with Crippen molar-refractivity contribution in [2.24, 2.45) is 22.2 Å². The third-order valence-corrected chi connectivity index (χ3v) is 7.75. The first-order valence-corrected chi connectivity index (χ1v) is 9.42. The van der Waals surface area contributed by atoms with Crippen molar-refractivity contribution in [2.75, 3.05) is 32.8 Å². The number of rotatable bonds is 4. The van der Waals surface area contributed by atoms with Crippen LogP contribution in [-0.2, 0) is 4.74 Å². The van der Waals surface area contributed by atoms with Crippen LogP contribution in [0.5, 0.6) is 0 Å². The number of ether oxygens (including phenoxy) is 1. The molecule has 3 unspecified atom stereocenters. The van der Waals surface area contributed by atoms with Crippen LogP contribution >= 0.6 is 0 Å². The van der Waals surface area contributed by atoms with Gasteiger partial charge in [-0.3, -0.25) is 4.90 Å². The second-order valence-corrected chi connectivity index (χ2v) is 9.00. The zero-order chi connectivity index (χ0) is 14.6. The van der Waals surface area contributed by atoms with E-state index in [0.29, 0.717) is 10.8 Å². The summed E-state index contributed by atoms with van der Waals surface area (Å²) in [4.78, 5) is 2.72. The first-order chi connectivity index (χ1) is 10.1. The molecule has 3 saturated carbocycles. The molecule has 0 aromatic carbocycles. The van der Waals surface area contributed by atoms with Crippen LogP contribution in [0.4, 0.5) is 0 Å². The van der Waals surface area contributed by atoms with Gasteiger partial charge < -0.3 is 4.74 Å². The minimum Gasteiger partial charge on any atom is -0.379 e. The van der Waals surface area contributed by atoms with Crippen LogP contribution < -0.4 is 0 Å². The van der Waals surface area contributed by atoms with Crippen LogP contribution in [0.1, 0.15) is 65.2 Å². The zero-order valence-electron chi connectivity index (χ0n) is 14.1. The van der Waals surface area contributed by atoms with Crippen molar-refractivity contribution in [1.82, 2.24) is 4.90 Å². The second-order valence-electron chi connectivity index (χ2n) is 9.00. The van der Waals surface area contributed by atoms with Gasteiger partial charge in [-0.15, -0.1) is 0 Å². The molecule has 1 spiro atoms. The summed E-state index contributed by atoms with van der Waals surface area (Å²) in [7, 11) is 0. The molecule has 4 rings (SSSR count). The molecule has 1 saturated heterocycles. The molecule has 4 atom stereocenters. The van der Waals surface area contributed by atoms with Gasteiger partial charge >= 0.3 is 0 Å². The average Bonchev–Trinajstić information content (AvgIpc) is 2.87. The maximum Gasteiger partial charge on any atom is 0.0594 e. The summed E-state index contributed by atoms with van der Waals surface area (Å²) >= 11 is 0. The Morgan fingerprint density at radius 2 is 2.00 bits per heavy atom. The maximum absolute atomic E-state index is 5.56. The Morgan fingerprint density at radius 3 is 2.71 bits per heavy atom. The largest absolute Gasteiger partial charge is 0.379 e. The summed E-state index contributed by atoms with van der Waals surface area (Å²) in [6.45, 7) is 10.6. The van der Waals surface area contributed by atoms with Crippen molar-refractivity contribution in [3.8, 4) is 0 Å². The number of hydrogen-bond donors (Lipinski definition) is 0. The van der Waals surface area contributed by atoms with E-state index in [-0.39, 0.29) is 0 Å². The molecule has 21 heavy (non-hydrogen) atoms. The van der Waals surface area contributed by atoms with E-state index in [1.807, 2.05) is 0 Å². The molecule has 3 aliphatic carbocycles. The minimum atomic E-state index is 0.625. The molecule has 4 aliphatic rings. The zero-order valence-corrected chi connectivity index (χ0v) is 14.1. The molecule has 0 aromatic heterocycles. The predicted molar refractivity (Wildman–Crippen MR) is 86.3 cm³/mol. The fourth-order valence-electron chi connectivity index (χ4n) is 7.24. The highest BCUT2D eigenvalue weighted by Gasteiger charge is 2.71. The molecule has 0 bridgehead atoms. The number of nitrogens with zero attached hydrogens (tertiary/aromatic N) is 1. The van der Waals surface area contributed by atoms with E-state index in [1.165, 1.54) is 51.7 Å². The van der Waals surface area contributed by atoms with Crippen LogP contribution in [0.2, 0.25) is 0 Å². The van der Waals surface area contributed by atoms with E-state index in [0.717, 1.165) is 24.5 Å². The van der Waals surface area contributed by atoms with E-state index < -0.39 is 0 Å². The van der Waals surface area contributed by atoms with Crippen molar-refractivity contribution >= 4 is 0 Å². The fraction of sp³-hybridized carbons (Fsp3) is 1.00. The summed E-state index contributed by atoms with van der Waals surface area (Å²) in [6, 6.07) is 0. The Labute approximate surface area is 130 Å². The normalized spacial score (nSPS) is 49.7. The van der Waals surface area contributed by atoms with Crippen LogP contribution in [-0.4, -0.2) is 37.7 Å². The monoisotopic (exact) mass is 291 g/mol. The maximum atomic E-state index is 5.56. The van der Waals surface area contributed by atoms with E-state index in [1.54, 1.807) is 19.3 Å². The lowest BCUT2D eigenvalue weighted by Gasteiger charge is -2.57. The highest BCUT2D eigenvalue weighted by atomic mass is 16.5. The molecular formula is C19H33NO. The van der Waals surface area contributed by atoms with Crippen LogP contribution in [0.25, 0.3) is 0 Å². The molecule has 4 fully saturated rings. The van der Waals surface area contributed by atoms with Crippen molar-refractivity contribution in [3.05, 3.63) is 0 Å². The Balaban J connectivity index is 1.55. The molecular weight excluding hydrogens is 258 g/mol. The van der Waals surface area contributed by atoms with Crippen molar-refractivity contribution in [2.45, 2.75) is 65.2 Å². The lowest BCUT2D eigenvalue weighted by atomic mass is 9.47. The SMILES string of the molecule is CCCC1(CN2CCOCC2)CC2(C)C[C@H]3CCCC32C1. The summed E-state index contributed by atoms with van der Waals surface area (Å²) in [6.07, 6.45) is 12.0. The van der Waals surface area contributed by atoms with E-state index in [2.05, 4.69) is 18.7 Å². The van der Waals surface area contributed by atoms with Gasteiger partial charge in [-0.05, 0) is 60.7 Å². The Kier molecular flexibility index (Phi) is 3.43. The molecule has 1 aliphatic heterocycles. The van der Waals surface area contributed by atoms with Gasteiger partial charge in [-0.1, -0.05) is 26.7 Å². The predicted octanol–water partition coefficient (Wildman–Crippen LogP) is 4.10. The van der Waals surface area contributed by atoms with Gasteiger partial charge in [0.05, 0.1) is 13.2 Å². The fourth-order valence-corrected chi connectivity index (χ4v) is 7.24. The van der Waals surface area contributed by atoms with Gasteiger partial charge in [0, 0.05) is 19.6 Å². The summed E-state index contributed by atoms with van der Waals surface area (Å²) in [5.74, 6) is 1.09. The standard InChI is InChI=1S/C19H33NO/c1-3-6-18(15-20-8-10-21-11-9-20)13-17(2)12-16-5-4-7-19(16,17)14-18/h16H,3-15H2,1-2H3/t16-,17?,18?,19?/m1/s1. The van der Waals surface area contributed by atoms with Gasteiger partial charge in [0.15, 0.2) is 0 Å². The van der Waals surface area contributed by atoms with Gasteiger partial charge in [-0.25, -0.2) is 0 Å². The molecule has 0 radical (unpaired) electrons. The molecule has 0 N–H and O–H groups in total.